The Kier molecular flexibility index (Phi) is 4.53. The number of nitrogens with one attached hydrogen (secondary N) is 1. The van der Waals surface area contributed by atoms with E-state index in [9.17, 15) is 5.11 Å². The number of allylic oxidation sites excluding steroid dienone is 1. The molecule has 204 valence electrons. The lowest BCUT2D eigenvalue weighted by atomic mass is 9.40. The second-order valence-electron chi connectivity index (χ2n) is 14.2. The summed E-state index contributed by atoms with van der Waals surface area (Å²) in [5.41, 5.74) is 2.31. The Hall–Kier alpha value is -1.70. The fourth-order valence-corrected chi connectivity index (χ4v) is 9.97. The van der Waals surface area contributed by atoms with Gasteiger partial charge in [-0.1, -0.05) is 37.6 Å². The van der Waals surface area contributed by atoms with Gasteiger partial charge in [-0.2, -0.15) is 0 Å². The van der Waals surface area contributed by atoms with Crippen LogP contribution in [0.1, 0.15) is 78.5 Å². The molecule has 5 fully saturated rings. The van der Waals surface area contributed by atoms with Gasteiger partial charge in [0.05, 0.1) is 11.7 Å². The quantitative estimate of drug-likeness (QED) is 0.394. The van der Waals surface area contributed by atoms with Crippen molar-refractivity contribution in [3.63, 3.8) is 0 Å². The molecular weight excluding hydrogens is 478 g/mol. The maximum Gasteiger partial charge on any atom is 0.178 e. The maximum atomic E-state index is 13.1. The average Bonchev–Trinajstić information content (AvgIpc) is 3.43. The van der Waals surface area contributed by atoms with E-state index in [-0.39, 0.29) is 35.2 Å². The van der Waals surface area contributed by atoms with Crippen LogP contribution in [0.4, 0.5) is 0 Å². The molecule has 3 aliphatic heterocycles. The van der Waals surface area contributed by atoms with Gasteiger partial charge in [0, 0.05) is 27.4 Å². The van der Waals surface area contributed by atoms with E-state index in [1.54, 1.807) is 0 Å². The lowest BCUT2D eigenvalue weighted by Gasteiger charge is -2.66. The Bertz CT molecular complexity index is 1380. The zero-order chi connectivity index (χ0) is 26.5. The summed E-state index contributed by atoms with van der Waals surface area (Å²) in [5.74, 6) is 0.501. The van der Waals surface area contributed by atoms with Crippen LogP contribution >= 0.6 is 0 Å². The van der Waals surface area contributed by atoms with E-state index < -0.39 is 23.1 Å². The van der Waals surface area contributed by atoms with Crippen molar-refractivity contribution in [1.82, 2.24) is 4.98 Å². The topological polar surface area (TPSA) is 76.2 Å². The molecule has 2 aromatic rings. The highest BCUT2D eigenvalue weighted by Crippen LogP contribution is 2.75. The molecule has 6 heteroatoms. The van der Waals surface area contributed by atoms with Crippen molar-refractivity contribution in [2.75, 3.05) is 0 Å². The molecule has 0 bridgehead atoms. The highest BCUT2D eigenvalue weighted by atomic mass is 16.8. The number of para-hydroxylation sites is 1. The standard InChI is InChI=1S/C32H41NO5/c1-17(2)15-23-36-24-26(28(3,4)37-23)35-22-12-13-29(5)30(6)18(11-14-31(29,34)32(22)27(24)38-32)16-20-19-9-7-8-10-21(19)33-25(20)30/h7-10,15,18,22-24,26-27,33-34H,11-14,16H2,1-6H3/t18?,22?,23?,24-,26?,27?,29-,30-,31+,32?/m1/s1. The van der Waals surface area contributed by atoms with Gasteiger partial charge in [-0.15, -0.1) is 0 Å². The monoisotopic (exact) mass is 519 g/mol. The first-order valence-electron chi connectivity index (χ1n) is 14.6. The fourth-order valence-electron chi connectivity index (χ4n) is 9.97. The van der Waals surface area contributed by atoms with Crippen LogP contribution in [-0.2, 0) is 30.8 Å². The van der Waals surface area contributed by atoms with Crippen LogP contribution < -0.4 is 0 Å². The molecular formula is C32H41NO5. The normalized spacial score (nSPS) is 49.7. The number of aliphatic hydroxyl groups is 1. The smallest absolute Gasteiger partial charge is 0.178 e. The second kappa shape index (κ2) is 7.13. The van der Waals surface area contributed by atoms with Crippen LogP contribution in [0.15, 0.2) is 35.9 Å². The van der Waals surface area contributed by atoms with Gasteiger partial charge in [-0.05, 0) is 83.4 Å². The van der Waals surface area contributed by atoms with E-state index in [1.807, 2.05) is 6.08 Å². The third kappa shape index (κ3) is 2.54. The summed E-state index contributed by atoms with van der Waals surface area (Å²) in [6.45, 7) is 13.1. The van der Waals surface area contributed by atoms with Gasteiger partial charge in [0.15, 0.2) is 11.9 Å². The molecule has 1 aromatic carbocycles. The van der Waals surface area contributed by atoms with Gasteiger partial charge in [0.2, 0.25) is 0 Å². The Morgan fingerprint density at radius 2 is 1.79 bits per heavy atom. The Morgan fingerprint density at radius 3 is 2.58 bits per heavy atom. The van der Waals surface area contributed by atoms with Crippen LogP contribution in [0.5, 0.6) is 0 Å². The van der Waals surface area contributed by atoms with Crippen molar-refractivity contribution in [1.29, 1.82) is 0 Å². The minimum absolute atomic E-state index is 0.165. The molecule has 10 atom stereocenters. The van der Waals surface area contributed by atoms with Crippen LogP contribution in [0, 0.1) is 11.3 Å². The summed E-state index contributed by atoms with van der Waals surface area (Å²) < 4.78 is 26.5. The van der Waals surface area contributed by atoms with Crippen molar-refractivity contribution >= 4 is 10.9 Å². The summed E-state index contributed by atoms with van der Waals surface area (Å²) in [6.07, 6.45) is 5.25. The number of aromatic amines is 1. The molecule has 1 spiro atoms. The first kappa shape index (κ1) is 24.1. The van der Waals surface area contributed by atoms with E-state index in [2.05, 4.69) is 70.8 Å². The number of epoxide rings is 1. The van der Waals surface area contributed by atoms with Gasteiger partial charge < -0.3 is 29.0 Å². The number of aromatic nitrogens is 1. The number of ether oxygens (including phenoxy) is 4. The zero-order valence-electron chi connectivity index (χ0n) is 23.5. The Balaban J connectivity index is 1.22. The average molecular weight is 520 g/mol. The number of hydrogen-bond acceptors (Lipinski definition) is 5. The summed E-state index contributed by atoms with van der Waals surface area (Å²) in [6, 6.07) is 8.67. The molecule has 8 rings (SSSR count). The van der Waals surface area contributed by atoms with Crippen LogP contribution in [0.25, 0.3) is 10.9 Å². The van der Waals surface area contributed by atoms with Gasteiger partial charge in [-0.3, -0.25) is 0 Å². The number of rotatable bonds is 1. The minimum Gasteiger partial charge on any atom is -0.386 e. The number of H-pyrrole nitrogens is 1. The largest absolute Gasteiger partial charge is 0.386 e. The third-order valence-corrected chi connectivity index (χ3v) is 12.0. The van der Waals surface area contributed by atoms with E-state index in [1.165, 1.54) is 22.2 Å². The van der Waals surface area contributed by atoms with Gasteiger partial charge >= 0.3 is 0 Å². The van der Waals surface area contributed by atoms with Crippen molar-refractivity contribution < 1.29 is 24.1 Å². The number of benzene rings is 1. The molecule has 2 saturated carbocycles. The van der Waals surface area contributed by atoms with Crippen molar-refractivity contribution in [3.8, 4) is 0 Å². The third-order valence-electron chi connectivity index (χ3n) is 12.0. The lowest BCUT2D eigenvalue weighted by molar-refractivity contribution is -0.343. The molecule has 2 N–H and O–H groups in total. The highest BCUT2D eigenvalue weighted by Gasteiger charge is 2.87. The minimum atomic E-state index is -1.01. The van der Waals surface area contributed by atoms with Crippen molar-refractivity contribution in [2.24, 2.45) is 11.3 Å². The summed E-state index contributed by atoms with van der Waals surface area (Å²) in [4.78, 5) is 3.84. The van der Waals surface area contributed by atoms with Crippen LogP contribution in [0.3, 0.4) is 0 Å². The molecule has 0 radical (unpaired) electrons. The van der Waals surface area contributed by atoms with E-state index >= 15 is 0 Å². The van der Waals surface area contributed by atoms with Crippen molar-refractivity contribution in [2.45, 2.75) is 127 Å². The Labute approximate surface area is 225 Å². The fraction of sp³-hybridized carbons (Fsp3) is 0.688. The first-order valence-corrected chi connectivity index (χ1v) is 14.6. The molecule has 38 heavy (non-hydrogen) atoms. The number of fused-ring (bicyclic) bond motifs is 9. The highest BCUT2D eigenvalue weighted by molar-refractivity contribution is 5.86. The lowest BCUT2D eigenvalue weighted by Crippen LogP contribution is -2.77. The molecule has 4 heterocycles. The Morgan fingerprint density at radius 1 is 1.00 bits per heavy atom. The van der Waals surface area contributed by atoms with Crippen LogP contribution in [0.2, 0.25) is 0 Å². The first-order chi connectivity index (χ1) is 18.0. The number of hydrogen-bond donors (Lipinski definition) is 2. The summed E-state index contributed by atoms with van der Waals surface area (Å²) in [7, 11) is 0. The molecule has 0 amide bonds. The molecule has 6 unspecified atom stereocenters. The molecule has 6 nitrogen and oxygen atoms in total. The second-order valence-corrected chi connectivity index (χ2v) is 14.2. The summed E-state index contributed by atoms with van der Waals surface area (Å²) >= 11 is 0. The van der Waals surface area contributed by atoms with Crippen LogP contribution in [-0.4, -0.2) is 57.6 Å². The van der Waals surface area contributed by atoms with E-state index in [4.69, 9.17) is 18.9 Å². The SMILES string of the molecule is CC(C)=CC1O[C@@H]2C(OC3CC[C@]4(C)[C@@]5(C)c6[nH]c7ccccc7c6CC5CC[C@@]4(O)C34OC24)C(C)(C)O1. The zero-order valence-corrected chi connectivity index (χ0v) is 23.5. The molecule has 6 aliphatic rings. The van der Waals surface area contributed by atoms with Gasteiger partial charge in [0.1, 0.15) is 23.9 Å². The van der Waals surface area contributed by atoms with E-state index in [0.717, 1.165) is 37.7 Å². The molecule has 3 aliphatic carbocycles. The molecule has 1 aromatic heterocycles. The van der Waals surface area contributed by atoms with Crippen molar-refractivity contribution in [3.05, 3.63) is 47.2 Å². The van der Waals surface area contributed by atoms with Gasteiger partial charge in [0.25, 0.3) is 0 Å². The predicted molar refractivity (Wildman–Crippen MR) is 144 cm³/mol. The molecule has 3 saturated heterocycles. The van der Waals surface area contributed by atoms with E-state index in [0.29, 0.717) is 5.92 Å². The maximum absolute atomic E-state index is 13.1. The predicted octanol–water partition coefficient (Wildman–Crippen LogP) is 5.31. The van der Waals surface area contributed by atoms with Gasteiger partial charge in [-0.25, -0.2) is 0 Å². The summed E-state index contributed by atoms with van der Waals surface area (Å²) in [5, 5.41) is 14.4.